The van der Waals surface area contributed by atoms with E-state index in [-0.39, 0.29) is 0 Å². The fraction of sp³-hybridized carbons (Fsp3) is 0.462. The summed E-state index contributed by atoms with van der Waals surface area (Å²) in [7, 11) is 1.37. The number of carbonyl (C=O) groups is 1. The summed E-state index contributed by atoms with van der Waals surface area (Å²) in [6, 6.07) is 4.99. The van der Waals surface area contributed by atoms with E-state index in [1.165, 1.54) is 19.2 Å². The zero-order valence-electron chi connectivity index (χ0n) is 12.0. The van der Waals surface area contributed by atoms with E-state index in [0.29, 0.717) is 5.69 Å². The second kappa shape index (κ2) is 6.90. The van der Waals surface area contributed by atoms with Gasteiger partial charge in [-0.25, -0.2) is 4.39 Å². The maximum Gasteiger partial charge on any atom is 0.258 e. The fourth-order valence-electron chi connectivity index (χ4n) is 2.19. The van der Waals surface area contributed by atoms with E-state index in [0.717, 1.165) is 17.0 Å². The molecule has 0 aliphatic carbocycles. The van der Waals surface area contributed by atoms with E-state index >= 15 is 0 Å². The Balaban J connectivity index is 2.22. The second-order valence-corrected chi connectivity index (χ2v) is 5.00. The number of hydrogen-bond donors (Lipinski definition) is 3. The van der Waals surface area contributed by atoms with Gasteiger partial charge in [0.15, 0.2) is 12.3 Å². The maximum absolute atomic E-state index is 12.9. The molecule has 0 unspecified atom stereocenters. The largest absolute Gasteiger partial charge is 0.387 e. The number of halogens is 1. The summed E-state index contributed by atoms with van der Waals surface area (Å²) >= 11 is 0. The number of azide groups is 1. The minimum absolute atomic E-state index is 0.327. The number of rotatable bonds is 3. The van der Waals surface area contributed by atoms with Crippen LogP contribution in [0.4, 0.5) is 10.1 Å². The van der Waals surface area contributed by atoms with Crippen molar-refractivity contribution in [2.24, 2.45) is 5.11 Å². The van der Waals surface area contributed by atoms with Crippen LogP contribution >= 0.6 is 0 Å². The summed E-state index contributed by atoms with van der Waals surface area (Å²) < 4.78 is 18.0. The molecule has 1 aliphatic rings. The summed E-state index contributed by atoms with van der Waals surface area (Å²) in [6.07, 6.45) is -8.19. The zero-order valence-corrected chi connectivity index (χ0v) is 12.0. The van der Waals surface area contributed by atoms with Gasteiger partial charge in [-0.3, -0.25) is 4.79 Å². The lowest BCUT2D eigenvalue weighted by Crippen LogP contribution is -2.61. The third-order valence-electron chi connectivity index (χ3n) is 3.54. The lowest BCUT2D eigenvalue weighted by molar-refractivity contribution is -0.217. The quantitative estimate of drug-likeness (QED) is 0.404. The van der Waals surface area contributed by atoms with Crippen molar-refractivity contribution in [2.75, 3.05) is 11.9 Å². The van der Waals surface area contributed by atoms with E-state index in [2.05, 4.69) is 10.0 Å². The molecule has 1 aromatic rings. The molecule has 0 spiro atoms. The number of carbonyl (C=O) groups excluding carboxylic acids is 1. The fourth-order valence-corrected chi connectivity index (χ4v) is 2.19. The van der Waals surface area contributed by atoms with Crippen molar-refractivity contribution < 1.29 is 29.2 Å². The van der Waals surface area contributed by atoms with Crippen LogP contribution in [0.25, 0.3) is 10.4 Å². The Hall–Kier alpha value is -2.23. The molecule has 9 nitrogen and oxygen atoms in total. The molecule has 1 amide bonds. The number of likely N-dealkylation sites (N-methyl/N-ethyl adjacent to an activating group) is 1. The molecule has 5 atom stereocenters. The molecule has 1 aromatic carbocycles. The monoisotopic (exact) mass is 326 g/mol. The molecule has 1 heterocycles. The topological polar surface area (TPSA) is 139 Å². The highest BCUT2D eigenvalue weighted by atomic mass is 19.1. The number of aliphatic hydroxyl groups is 3. The molecule has 0 radical (unpaired) electrons. The number of benzene rings is 1. The van der Waals surface area contributed by atoms with Crippen LogP contribution in [-0.2, 0) is 9.53 Å². The van der Waals surface area contributed by atoms with Gasteiger partial charge in [-0.1, -0.05) is 5.11 Å². The van der Waals surface area contributed by atoms with Crippen LogP contribution < -0.4 is 4.90 Å². The molecular weight excluding hydrogens is 311 g/mol. The Morgan fingerprint density at radius 2 is 1.87 bits per heavy atom. The molecule has 2 rings (SSSR count). The first-order chi connectivity index (χ1) is 10.9. The van der Waals surface area contributed by atoms with Crippen molar-refractivity contribution in [2.45, 2.75) is 30.6 Å². The SMILES string of the molecule is CN(C(=O)[C@H]1O[C@H](N=[N+]=[N-])[C@H](O)[C@@H](O)[C@@H]1O)c1ccc(F)cc1. The first-order valence-corrected chi connectivity index (χ1v) is 6.64. The van der Waals surface area contributed by atoms with E-state index in [9.17, 15) is 24.5 Å². The molecule has 1 aliphatic heterocycles. The van der Waals surface area contributed by atoms with Crippen molar-refractivity contribution in [1.82, 2.24) is 0 Å². The molecule has 0 saturated carbocycles. The smallest absolute Gasteiger partial charge is 0.258 e. The van der Waals surface area contributed by atoms with E-state index in [4.69, 9.17) is 10.3 Å². The van der Waals surface area contributed by atoms with Crippen LogP contribution in [0.1, 0.15) is 0 Å². The maximum atomic E-state index is 12.9. The Labute approximate surface area is 130 Å². The molecule has 0 aromatic heterocycles. The van der Waals surface area contributed by atoms with Gasteiger partial charge in [0, 0.05) is 17.6 Å². The zero-order chi connectivity index (χ0) is 17.1. The number of anilines is 1. The molecule has 1 fully saturated rings. The van der Waals surface area contributed by atoms with Crippen molar-refractivity contribution in [3.8, 4) is 0 Å². The van der Waals surface area contributed by atoms with Crippen LogP contribution in [0.15, 0.2) is 29.4 Å². The summed E-state index contributed by atoms with van der Waals surface area (Å²) in [6.45, 7) is 0. The highest BCUT2D eigenvalue weighted by Gasteiger charge is 2.47. The molecule has 10 heteroatoms. The molecular formula is C13H15FN4O5. The number of ether oxygens (including phenoxy) is 1. The van der Waals surface area contributed by atoms with Gasteiger partial charge < -0.3 is 25.0 Å². The Kier molecular flexibility index (Phi) is 5.14. The van der Waals surface area contributed by atoms with E-state index < -0.39 is 42.4 Å². The second-order valence-electron chi connectivity index (χ2n) is 5.00. The molecule has 3 N–H and O–H groups in total. The third-order valence-corrected chi connectivity index (χ3v) is 3.54. The van der Waals surface area contributed by atoms with Gasteiger partial charge in [0.1, 0.15) is 24.1 Å². The lowest BCUT2D eigenvalue weighted by atomic mass is 9.97. The average Bonchev–Trinajstić information content (AvgIpc) is 2.55. The van der Waals surface area contributed by atoms with E-state index in [1.807, 2.05) is 0 Å². The first-order valence-electron chi connectivity index (χ1n) is 6.64. The van der Waals surface area contributed by atoms with Crippen molar-refractivity contribution in [1.29, 1.82) is 0 Å². The van der Waals surface area contributed by atoms with Crippen molar-refractivity contribution in [3.63, 3.8) is 0 Å². The Bertz CT molecular complexity index is 621. The van der Waals surface area contributed by atoms with Gasteiger partial charge in [0.25, 0.3) is 5.91 Å². The van der Waals surface area contributed by atoms with Crippen molar-refractivity contribution in [3.05, 3.63) is 40.5 Å². The summed E-state index contributed by atoms with van der Waals surface area (Å²) in [5.74, 6) is -1.24. The van der Waals surface area contributed by atoms with Gasteiger partial charge in [0.2, 0.25) is 0 Å². The first kappa shape index (κ1) is 17.1. The molecule has 124 valence electrons. The summed E-state index contributed by atoms with van der Waals surface area (Å²) in [5.41, 5.74) is 8.75. The lowest BCUT2D eigenvalue weighted by Gasteiger charge is -2.39. The minimum Gasteiger partial charge on any atom is -0.387 e. The predicted molar refractivity (Wildman–Crippen MR) is 75.6 cm³/mol. The number of amides is 1. The van der Waals surface area contributed by atoms with Crippen LogP contribution in [0, 0.1) is 5.82 Å². The normalized spacial score (nSPS) is 30.4. The number of hydrogen-bond acceptors (Lipinski definition) is 6. The van der Waals surface area contributed by atoms with Gasteiger partial charge in [0.05, 0.1) is 0 Å². The van der Waals surface area contributed by atoms with Crippen molar-refractivity contribution >= 4 is 11.6 Å². The third kappa shape index (κ3) is 3.41. The van der Waals surface area contributed by atoms with Crippen LogP contribution in [0.3, 0.4) is 0 Å². The Morgan fingerprint density at radius 1 is 1.26 bits per heavy atom. The van der Waals surface area contributed by atoms with Gasteiger partial charge in [-0.2, -0.15) is 0 Å². The Morgan fingerprint density at radius 3 is 2.43 bits per heavy atom. The minimum atomic E-state index is -1.73. The summed E-state index contributed by atoms with van der Waals surface area (Å²) in [4.78, 5) is 16.0. The molecule has 23 heavy (non-hydrogen) atoms. The number of aliphatic hydroxyl groups excluding tert-OH is 3. The highest BCUT2D eigenvalue weighted by Crippen LogP contribution is 2.25. The number of nitrogens with zero attached hydrogens (tertiary/aromatic N) is 4. The van der Waals surface area contributed by atoms with Crippen LogP contribution in [-0.4, -0.2) is 58.9 Å². The molecule has 1 saturated heterocycles. The van der Waals surface area contributed by atoms with Gasteiger partial charge >= 0.3 is 0 Å². The van der Waals surface area contributed by atoms with Crippen LogP contribution in [0.5, 0.6) is 0 Å². The standard InChI is InChI=1S/C13H15FN4O5/c1-18(7-4-2-6(14)3-5-7)13(22)11-9(20)8(19)10(21)12(23-11)16-17-15/h2-5,8-12,19-21H,1H3/t8-,9-,10+,11-,12-/m0/s1. The van der Waals surface area contributed by atoms with E-state index in [1.54, 1.807) is 0 Å². The predicted octanol–water partition coefficient (Wildman–Crippen LogP) is -0.0936. The summed E-state index contributed by atoms with van der Waals surface area (Å²) in [5, 5.41) is 32.5. The van der Waals surface area contributed by atoms with Gasteiger partial charge in [-0.05, 0) is 29.8 Å². The molecule has 0 bridgehead atoms. The van der Waals surface area contributed by atoms with Gasteiger partial charge in [-0.15, -0.1) is 0 Å². The highest BCUT2D eigenvalue weighted by molar-refractivity contribution is 5.96. The average molecular weight is 326 g/mol. The van der Waals surface area contributed by atoms with Crippen LogP contribution in [0.2, 0.25) is 0 Å².